The quantitative estimate of drug-likeness (QED) is 0.0735. The highest BCUT2D eigenvalue weighted by atomic mass is 28.3. The van der Waals surface area contributed by atoms with Crippen molar-refractivity contribution in [2.24, 2.45) is 0 Å². The van der Waals surface area contributed by atoms with E-state index in [9.17, 15) is 0 Å². The van der Waals surface area contributed by atoms with Crippen molar-refractivity contribution in [2.75, 3.05) is 0 Å². The number of hydrogen-bond donors (Lipinski definition) is 0. The molecule has 1 aliphatic heterocycles. The lowest BCUT2D eigenvalue weighted by Crippen LogP contribution is -2.74. The summed E-state index contributed by atoms with van der Waals surface area (Å²) in [5, 5.41) is 7.61. The van der Waals surface area contributed by atoms with Gasteiger partial charge in [-0.25, -0.2) is 4.98 Å². The standard InChI is InChI=1S/C74H62N4OSi/c1-73(2,3)55-27-20-28-57(46-55)77-51-76(69-38-22-37-65(72(69)77)54-26-19-25-53(45-54)52-23-11-7-12-24-52)58-29-21-30-59(48-58)79-60-39-41-66-67-50-64(40-42-68(67)78(70(66)49-60)71-47-56(43-44-75-71)74(4,5)6)80(61-31-13-8-14-32-61,62-33-15-9-16-34-62)63-35-17-10-18-36-63/h7-50H,1-6H3/q+2. The predicted octanol–water partition coefficient (Wildman–Crippen LogP) is 16.1. The maximum atomic E-state index is 7.01. The second kappa shape index (κ2) is 20.1. The van der Waals surface area contributed by atoms with Crippen molar-refractivity contribution in [3.05, 3.63) is 278 Å². The molecule has 386 valence electrons. The molecule has 3 heterocycles. The molecular weight excluding hydrogens is 989 g/mol. The number of hydrogen-bond acceptors (Lipinski definition) is 2. The Hall–Kier alpha value is -9.45. The molecule has 0 unspecified atom stereocenters. The second-order valence-corrected chi connectivity index (χ2v) is 26.8. The maximum Gasteiger partial charge on any atom is 0.503 e. The van der Waals surface area contributed by atoms with Gasteiger partial charge >= 0.3 is 11.7 Å². The SMILES string of the molecule is CC(C)(C)c1cccc([N+]2=C=[N+](c3cccc(Oc4ccc5c6cc([Si](c7ccccc7)(c7ccccc7)c7ccccc7)ccc6n(-c6cc(C(C)(C)C)ccn6)c5c4)c3)c3cccc(-c4cccc(-c5ccccc5)c4)c32)c1. The van der Waals surface area contributed by atoms with Gasteiger partial charge in [0, 0.05) is 47.3 Å². The van der Waals surface area contributed by atoms with Gasteiger partial charge in [-0.15, -0.1) is 0 Å². The van der Waals surface area contributed by atoms with E-state index >= 15 is 0 Å². The van der Waals surface area contributed by atoms with E-state index in [2.05, 4.69) is 316 Å². The number of nitrogens with zero attached hydrogens (tertiary/aromatic N) is 4. The smallest absolute Gasteiger partial charge is 0.457 e. The highest BCUT2D eigenvalue weighted by Gasteiger charge is 2.42. The summed E-state index contributed by atoms with van der Waals surface area (Å²) < 4.78 is 13.7. The van der Waals surface area contributed by atoms with Crippen LogP contribution >= 0.6 is 0 Å². The molecule has 0 saturated heterocycles. The van der Waals surface area contributed by atoms with Gasteiger partial charge in [-0.05, 0) is 117 Å². The summed E-state index contributed by atoms with van der Waals surface area (Å²) in [6.07, 6.45) is 1.95. The number of pyridine rings is 1. The highest BCUT2D eigenvalue weighted by molar-refractivity contribution is 7.20. The Morgan fingerprint density at radius 1 is 0.412 bits per heavy atom. The third-order valence-corrected chi connectivity index (χ3v) is 20.6. The Kier molecular flexibility index (Phi) is 12.6. The number of para-hydroxylation sites is 1. The lowest BCUT2D eigenvalue weighted by molar-refractivity contribution is 0.483. The Bertz CT molecular complexity index is 4280. The first-order chi connectivity index (χ1) is 38.9. The Balaban J connectivity index is 0.953. The first-order valence-electron chi connectivity index (χ1n) is 27.7. The van der Waals surface area contributed by atoms with Crippen molar-refractivity contribution in [3.63, 3.8) is 0 Å². The summed E-state index contributed by atoms with van der Waals surface area (Å²) in [6.45, 7) is 13.6. The minimum Gasteiger partial charge on any atom is -0.457 e. The van der Waals surface area contributed by atoms with E-state index in [0.717, 1.165) is 67.2 Å². The fourth-order valence-corrected chi connectivity index (χ4v) is 16.6. The molecule has 10 aromatic carbocycles. The largest absolute Gasteiger partial charge is 0.503 e. The molecule has 1 aliphatic rings. The van der Waals surface area contributed by atoms with Gasteiger partial charge in [0.25, 0.3) is 5.69 Å². The van der Waals surface area contributed by atoms with Gasteiger partial charge in [-0.2, -0.15) is 0 Å². The van der Waals surface area contributed by atoms with Crippen LogP contribution in [-0.2, 0) is 10.8 Å². The molecule has 12 aromatic rings. The van der Waals surface area contributed by atoms with Crippen molar-refractivity contribution < 1.29 is 4.74 Å². The van der Waals surface area contributed by atoms with Crippen LogP contribution in [0.15, 0.2) is 267 Å². The minimum atomic E-state index is -2.84. The number of benzene rings is 10. The first kappa shape index (κ1) is 50.1. The summed E-state index contributed by atoms with van der Waals surface area (Å²) in [5.74, 6) is 2.31. The molecule has 0 radical (unpaired) electrons. The summed E-state index contributed by atoms with van der Waals surface area (Å²) >= 11 is 0. The normalized spacial score (nSPS) is 12.6. The molecule has 0 bridgehead atoms. The summed E-state index contributed by atoms with van der Waals surface area (Å²) in [7, 11) is -2.84. The van der Waals surface area contributed by atoms with Gasteiger partial charge in [-0.1, -0.05) is 217 Å². The summed E-state index contributed by atoms with van der Waals surface area (Å²) in [5.41, 5.74) is 13.1. The van der Waals surface area contributed by atoms with Crippen LogP contribution in [0.1, 0.15) is 52.7 Å². The van der Waals surface area contributed by atoms with E-state index in [1.807, 2.05) is 12.3 Å². The molecule has 0 fully saturated rings. The molecular formula is C74H62N4OSi+2. The topological polar surface area (TPSA) is 33.1 Å². The predicted molar refractivity (Wildman–Crippen MR) is 338 cm³/mol. The van der Waals surface area contributed by atoms with Crippen molar-refractivity contribution >= 4 is 79.4 Å². The zero-order valence-corrected chi connectivity index (χ0v) is 47.1. The van der Waals surface area contributed by atoms with Crippen molar-refractivity contribution in [2.45, 2.75) is 52.4 Å². The van der Waals surface area contributed by atoms with E-state index in [0.29, 0.717) is 5.75 Å². The molecule has 0 amide bonds. The molecule has 13 rings (SSSR count). The van der Waals surface area contributed by atoms with E-state index in [4.69, 9.17) is 9.72 Å². The Morgan fingerprint density at radius 3 is 1.66 bits per heavy atom. The molecule has 0 N–H and O–H groups in total. The number of ether oxygens (including phenoxy) is 1. The zero-order valence-electron chi connectivity index (χ0n) is 46.1. The molecule has 6 heteroatoms. The van der Waals surface area contributed by atoms with Crippen LogP contribution in [0.3, 0.4) is 0 Å². The third kappa shape index (κ3) is 8.99. The van der Waals surface area contributed by atoms with Gasteiger partial charge in [-0.3, -0.25) is 4.57 Å². The van der Waals surface area contributed by atoms with Crippen LogP contribution < -0.4 is 34.6 Å². The second-order valence-electron chi connectivity index (χ2n) is 23.0. The summed E-state index contributed by atoms with van der Waals surface area (Å²) in [6, 6.07) is 98.6. The van der Waals surface area contributed by atoms with Gasteiger partial charge < -0.3 is 4.74 Å². The van der Waals surface area contributed by atoms with Gasteiger partial charge in [0.2, 0.25) is 11.4 Å². The molecule has 0 atom stereocenters. The van der Waals surface area contributed by atoms with E-state index in [1.165, 1.54) is 43.0 Å². The minimum absolute atomic E-state index is 0.0404. The van der Waals surface area contributed by atoms with Crippen LogP contribution in [0.5, 0.6) is 11.5 Å². The fraction of sp³-hybridized carbons (Fsp3) is 0.108. The van der Waals surface area contributed by atoms with Crippen molar-refractivity contribution in [3.8, 4) is 39.6 Å². The monoisotopic (exact) mass is 1050 g/mol. The molecule has 80 heavy (non-hydrogen) atoms. The van der Waals surface area contributed by atoms with Crippen molar-refractivity contribution in [1.29, 1.82) is 0 Å². The van der Waals surface area contributed by atoms with E-state index in [-0.39, 0.29) is 10.8 Å². The number of rotatable bonds is 11. The lowest BCUT2D eigenvalue weighted by atomic mass is 9.87. The molecule has 5 nitrogen and oxygen atoms in total. The lowest BCUT2D eigenvalue weighted by Gasteiger charge is -2.34. The van der Waals surface area contributed by atoms with Crippen LogP contribution in [0.25, 0.3) is 49.9 Å². The van der Waals surface area contributed by atoms with Crippen LogP contribution in [0.2, 0.25) is 0 Å². The molecule has 0 saturated carbocycles. The average Bonchev–Trinajstić information content (AvgIpc) is 3.69. The van der Waals surface area contributed by atoms with Crippen LogP contribution in [0, 0.1) is 0 Å². The zero-order chi connectivity index (χ0) is 54.6. The average molecular weight is 1050 g/mol. The van der Waals surface area contributed by atoms with Crippen LogP contribution in [0.4, 0.5) is 22.7 Å². The summed E-state index contributed by atoms with van der Waals surface area (Å²) in [4.78, 5) is 5.10. The maximum absolute atomic E-state index is 7.01. The van der Waals surface area contributed by atoms with Gasteiger partial charge in [0.05, 0.1) is 22.7 Å². The third-order valence-electron chi connectivity index (χ3n) is 15.9. The molecule has 0 spiro atoms. The highest BCUT2D eigenvalue weighted by Crippen LogP contribution is 2.45. The molecule has 0 aliphatic carbocycles. The van der Waals surface area contributed by atoms with Crippen LogP contribution in [-0.4, -0.2) is 23.6 Å². The number of fused-ring (bicyclic) bond motifs is 4. The van der Waals surface area contributed by atoms with Gasteiger partial charge in [0.15, 0.2) is 8.07 Å². The Morgan fingerprint density at radius 2 is 0.988 bits per heavy atom. The fourth-order valence-electron chi connectivity index (χ4n) is 11.8. The van der Waals surface area contributed by atoms with E-state index < -0.39 is 8.07 Å². The Labute approximate surface area is 470 Å². The number of aromatic nitrogens is 2. The van der Waals surface area contributed by atoms with Crippen molar-refractivity contribution in [1.82, 2.24) is 18.7 Å². The van der Waals surface area contributed by atoms with E-state index in [1.54, 1.807) is 0 Å². The molecule has 2 aromatic heterocycles. The first-order valence-corrected chi connectivity index (χ1v) is 29.7. The van der Waals surface area contributed by atoms with Gasteiger partial charge in [0.1, 0.15) is 17.3 Å².